The number of carbonyl (C=O) groups excluding carboxylic acids is 1. The van der Waals surface area contributed by atoms with E-state index in [1.165, 1.54) is 11.8 Å². The number of ketones is 1. The Morgan fingerprint density at radius 1 is 1.14 bits per heavy atom. The van der Waals surface area contributed by atoms with E-state index >= 15 is 0 Å². The maximum absolute atomic E-state index is 13.1. The molecule has 1 aliphatic carbocycles. The van der Waals surface area contributed by atoms with Gasteiger partial charge in [0, 0.05) is 28.7 Å². The fourth-order valence-electron chi connectivity index (χ4n) is 3.57. The number of fused-ring (bicyclic) bond motifs is 2. The van der Waals surface area contributed by atoms with Crippen molar-refractivity contribution in [3.63, 3.8) is 0 Å². The van der Waals surface area contributed by atoms with Crippen molar-refractivity contribution in [1.29, 1.82) is 0 Å². The average molecular weight is 389 g/mol. The van der Waals surface area contributed by atoms with Gasteiger partial charge in [-0.2, -0.15) is 0 Å². The van der Waals surface area contributed by atoms with Gasteiger partial charge in [0.05, 0.1) is 16.2 Å². The highest BCUT2D eigenvalue weighted by Gasteiger charge is 2.30. The van der Waals surface area contributed by atoms with Crippen LogP contribution in [-0.2, 0) is 0 Å². The minimum absolute atomic E-state index is 0.0117. The monoisotopic (exact) mass is 389 g/mol. The number of H-pyrrole nitrogens is 1. The number of hydrogen-bond donors (Lipinski definition) is 1. The van der Waals surface area contributed by atoms with Gasteiger partial charge in [-0.25, -0.2) is 4.98 Å². The Hall–Kier alpha value is -2.86. The van der Waals surface area contributed by atoms with Crippen molar-refractivity contribution in [2.75, 3.05) is 0 Å². The first-order chi connectivity index (χ1) is 13.6. The summed E-state index contributed by atoms with van der Waals surface area (Å²) < 4.78 is 1.78. The van der Waals surface area contributed by atoms with Crippen molar-refractivity contribution in [3.05, 3.63) is 70.6 Å². The Balaban J connectivity index is 1.53. The molecule has 0 aliphatic heterocycles. The normalized spacial score (nSPS) is 15.2. The minimum atomic E-state index is -0.350. The molecule has 2 aromatic heterocycles. The van der Waals surface area contributed by atoms with E-state index in [0.29, 0.717) is 21.6 Å². The first kappa shape index (κ1) is 17.3. The predicted octanol–water partition coefficient (Wildman–Crippen LogP) is 4.58. The molecule has 1 saturated carbocycles. The smallest absolute Gasteiger partial charge is 0.262 e. The largest absolute Gasteiger partial charge is 0.360 e. The molecule has 4 aromatic rings. The van der Waals surface area contributed by atoms with Crippen molar-refractivity contribution >= 4 is 39.4 Å². The number of aromatic amines is 1. The molecule has 1 N–H and O–H groups in total. The van der Waals surface area contributed by atoms with Gasteiger partial charge < -0.3 is 4.98 Å². The Morgan fingerprint density at radius 2 is 1.86 bits per heavy atom. The van der Waals surface area contributed by atoms with Crippen LogP contribution in [-0.4, -0.2) is 25.6 Å². The molecule has 2 aromatic carbocycles. The van der Waals surface area contributed by atoms with Gasteiger partial charge in [-0.3, -0.25) is 14.2 Å². The number of carbonyl (C=O) groups is 1. The van der Waals surface area contributed by atoms with Crippen molar-refractivity contribution in [3.8, 4) is 0 Å². The second kappa shape index (κ2) is 6.63. The summed E-state index contributed by atoms with van der Waals surface area (Å²) >= 11 is 1.37. The zero-order chi connectivity index (χ0) is 19.3. The molecule has 140 valence electrons. The van der Waals surface area contributed by atoms with E-state index in [9.17, 15) is 9.59 Å². The van der Waals surface area contributed by atoms with Crippen LogP contribution in [0.25, 0.3) is 21.8 Å². The average Bonchev–Trinajstić information content (AvgIpc) is 3.45. The van der Waals surface area contributed by atoms with E-state index in [4.69, 9.17) is 4.98 Å². The fourth-order valence-corrected chi connectivity index (χ4v) is 4.62. The molecular formula is C22H19N3O2S. The van der Waals surface area contributed by atoms with Crippen LogP contribution < -0.4 is 5.56 Å². The lowest BCUT2D eigenvalue weighted by Crippen LogP contribution is -2.24. The lowest BCUT2D eigenvalue weighted by atomic mass is 10.1. The van der Waals surface area contributed by atoms with Crippen LogP contribution >= 0.6 is 11.8 Å². The Morgan fingerprint density at radius 3 is 2.64 bits per heavy atom. The Kier molecular flexibility index (Phi) is 4.09. The third kappa shape index (κ3) is 2.85. The molecule has 28 heavy (non-hydrogen) atoms. The third-order valence-electron chi connectivity index (χ3n) is 5.19. The molecule has 1 aliphatic rings. The van der Waals surface area contributed by atoms with Gasteiger partial charge in [-0.05, 0) is 38.0 Å². The van der Waals surface area contributed by atoms with Crippen LogP contribution in [0.1, 0.15) is 36.2 Å². The number of rotatable bonds is 5. The van der Waals surface area contributed by atoms with E-state index in [0.717, 1.165) is 23.7 Å². The molecule has 1 atom stereocenters. The van der Waals surface area contributed by atoms with Crippen LogP contribution in [0, 0.1) is 0 Å². The van der Waals surface area contributed by atoms with Crippen molar-refractivity contribution < 1.29 is 4.79 Å². The highest BCUT2D eigenvalue weighted by molar-refractivity contribution is 8.00. The topological polar surface area (TPSA) is 67.8 Å². The fraction of sp³-hybridized carbons (Fsp3) is 0.227. The summed E-state index contributed by atoms with van der Waals surface area (Å²) in [5, 5.41) is 1.84. The molecule has 5 nitrogen and oxygen atoms in total. The molecule has 5 rings (SSSR count). The van der Waals surface area contributed by atoms with Gasteiger partial charge in [0.15, 0.2) is 10.9 Å². The summed E-state index contributed by atoms with van der Waals surface area (Å²) in [5.74, 6) is 0.0344. The summed E-state index contributed by atoms with van der Waals surface area (Å²) in [5.41, 5.74) is 2.29. The number of thioether (sulfide) groups is 1. The zero-order valence-corrected chi connectivity index (χ0v) is 16.2. The second-order valence-corrected chi connectivity index (χ2v) is 8.50. The first-order valence-corrected chi connectivity index (χ1v) is 10.3. The lowest BCUT2D eigenvalue weighted by Gasteiger charge is -2.15. The zero-order valence-electron chi connectivity index (χ0n) is 15.4. The summed E-state index contributed by atoms with van der Waals surface area (Å²) in [6.07, 6.45) is 3.74. The quantitative estimate of drug-likeness (QED) is 0.308. The minimum Gasteiger partial charge on any atom is -0.360 e. The molecule has 0 spiro atoms. The third-order valence-corrected chi connectivity index (χ3v) is 6.26. The standard InChI is InChI=1S/C22H19N3O2S/c1-13(20(26)17-12-23-18-8-4-2-6-15(17)18)28-22-24-19-9-5-3-7-16(19)21(27)25(22)14-10-11-14/h2-9,12-14,23H,10-11H2,1H3/t13-/m1/s1. The maximum Gasteiger partial charge on any atom is 0.262 e. The molecule has 0 bridgehead atoms. The van der Waals surface area contributed by atoms with E-state index < -0.39 is 0 Å². The highest BCUT2D eigenvalue weighted by atomic mass is 32.2. The maximum atomic E-state index is 13.1. The lowest BCUT2D eigenvalue weighted by molar-refractivity contribution is 0.0995. The van der Waals surface area contributed by atoms with Crippen LogP contribution in [0.3, 0.4) is 0 Å². The summed E-state index contributed by atoms with van der Waals surface area (Å²) in [6.45, 7) is 1.88. The number of hydrogen-bond acceptors (Lipinski definition) is 4. The van der Waals surface area contributed by atoms with Crippen molar-refractivity contribution in [2.45, 2.75) is 36.2 Å². The second-order valence-electron chi connectivity index (χ2n) is 7.19. The van der Waals surface area contributed by atoms with Crippen molar-refractivity contribution in [1.82, 2.24) is 14.5 Å². The molecule has 2 heterocycles. The van der Waals surface area contributed by atoms with E-state index in [-0.39, 0.29) is 22.6 Å². The molecule has 0 radical (unpaired) electrons. The summed E-state index contributed by atoms with van der Waals surface area (Å²) in [7, 11) is 0. The SMILES string of the molecule is C[C@@H](Sc1nc2ccccc2c(=O)n1C1CC1)C(=O)c1c[nH]c2ccccc12. The van der Waals surface area contributed by atoms with Crippen molar-refractivity contribution in [2.24, 2.45) is 0 Å². The van der Waals surface area contributed by atoms with Crippen LogP contribution in [0.2, 0.25) is 0 Å². The number of Topliss-reactive ketones (excluding diaryl/α,β-unsaturated/α-hetero) is 1. The number of benzene rings is 2. The Bertz CT molecular complexity index is 1270. The number of para-hydroxylation sites is 2. The summed E-state index contributed by atoms with van der Waals surface area (Å²) in [4.78, 5) is 34.0. The molecule has 0 saturated heterocycles. The van der Waals surface area contributed by atoms with Gasteiger partial charge >= 0.3 is 0 Å². The number of aromatic nitrogens is 3. The molecule has 1 fully saturated rings. The molecule has 6 heteroatoms. The van der Waals surface area contributed by atoms with Gasteiger partial charge in [-0.15, -0.1) is 0 Å². The van der Waals surface area contributed by atoms with Crippen LogP contribution in [0.15, 0.2) is 64.7 Å². The molecule has 0 amide bonds. The highest BCUT2D eigenvalue weighted by Crippen LogP contribution is 2.38. The van der Waals surface area contributed by atoms with Crippen LogP contribution in [0.5, 0.6) is 0 Å². The van der Waals surface area contributed by atoms with Gasteiger partial charge in [0.25, 0.3) is 5.56 Å². The number of nitrogens with one attached hydrogen (secondary N) is 1. The van der Waals surface area contributed by atoms with Gasteiger partial charge in [0.1, 0.15) is 0 Å². The predicted molar refractivity (Wildman–Crippen MR) is 112 cm³/mol. The van der Waals surface area contributed by atoms with Crippen LogP contribution in [0.4, 0.5) is 0 Å². The van der Waals surface area contributed by atoms with E-state index in [1.807, 2.05) is 55.5 Å². The first-order valence-electron chi connectivity index (χ1n) is 9.42. The van der Waals surface area contributed by atoms with E-state index in [1.54, 1.807) is 10.8 Å². The number of nitrogens with zero attached hydrogens (tertiary/aromatic N) is 2. The molecular weight excluding hydrogens is 370 g/mol. The Labute approximate surface area is 165 Å². The summed E-state index contributed by atoms with van der Waals surface area (Å²) in [6, 6.07) is 15.4. The van der Waals surface area contributed by atoms with Gasteiger partial charge in [-0.1, -0.05) is 42.1 Å². The van der Waals surface area contributed by atoms with E-state index in [2.05, 4.69) is 4.98 Å². The van der Waals surface area contributed by atoms with Gasteiger partial charge in [0.2, 0.25) is 0 Å². The molecule has 0 unspecified atom stereocenters.